The third-order valence-corrected chi connectivity index (χ3v) is 5.05. The van der Waals surface area contributed by atoms with Crippen molar-refractivity contribution in [3.63, 3.8) is 0 Å². The molecular weight excluding hydrogens is 397 g/mol. The van der Waals surface area contributed by atoms with Crippen molar-refractivity contribution >= 4 is 11.6 Å². The number of rotatable bonds is 3. The Morgan fingerprint density at radius 3 is 2.27 bits per heavy atom. The number of aromatic nitrogens is 2. The summed E-state index contributed by atoms with van der Waals surface area (Å²) in [4.78, 5) is 20.4. The number of nitrogens with zero attached hydrogens (tertiary/aromatic N) is 4. The van der Waals surface area contributed by atoms with Crippen molar-refractivity contribution in [3.05, 3.63) is 65.5 Å². The number of benzene rings is 2. The fourth-order valence-corrected chi connectivity index (χ4v) is 3.49. The predicted molar refractivity (Wildman–Crippen MR) is 104 cm³/mol. The second kappa shape index (κ2) is 7.81. The summed E-state index contributed by atoms with van der Waals surface area (Å²) in [5, 5.41) is 3.89. The second-order valence-corrected chi connectivity index (χ2v) is 7.01. The maximum atomic E-state index is 13.2. The normalized spacial score (nSPS) is 14.8. The van der Waals surface area contributed by atoms with Gasteiger partial charge in [-0.05, 0) is 36.4 Å². The Balaban J connectivity index is 1.42. The quantitative estimate of drug-likeness (QED) is 0.645. The molecule has 0 unspecified atom stereocenters. The molecule has 0 radical (unpaired) electrons. The first-order chi connectivity index (χ1) is 14.3. The lowest BCUT2D eigenvalue weighted by Crippen LogP contribution is -2.49. The highest BCUT2D eigenvalue weighted by Crippen LogP contribution is 2.32. The van der Waals surface area contributed by atoms with Gasteiger partial charge in [0.25, 0.3) is 5.91 Å². The van der Waals surface area contributed by atoms with Crippen LogP contribution in [0.5, 0.6) is 0 Å². The number of hydrogen-bond donors (Lipinski definition) is 0. The number of anilines is 1. The molecule has 1 saturated heterocycles. The highest BCUT2D eigenvalue weighted by molar-refractivity contribution is 5.96. The zero-order valence-electron chi connectivity index (χ0n) is 16.2. The molecule has 1 aliphatic heterocycles. The van der Waals surface area contributed by atoms with Crippen LogP contribution in [0.15, 0.2) is 53.1 Å². The van der Waals surface area contributed by atoms with Crippen molar-refractivity contribution in [1.29, 1.82) is 0 Å². The Kier molecular flexibility index (Phi) is 5.19. The zero-order valence-corrected chi connectivity index (χ0v) is 16.2. The Morgan fingerprint density at radius 2 is 1.67 bits per heavy atom. The van der Waals surface area contributed by atoms with Gasteiger partial charge in [0.1, 0.15) is 0 Å². The molecule has 0 aliphatic carbocycles. The third kappa shape index (κ3) is 4.00. The summed E-state index contributed by atoms with van der Waals surface area (Å²) >= 11 is 0. The van der Waals surface area contributed by atoms with E-state index in [9.17, 15) is 18.0 Å². The summed E-state index contributed by atoms with van der Waals surface area (Å²) in [6.07, 6.45) is -4.56. The topological polar surface area (TPSA) is 62.5 Å². The van der Waals surface area contributed by atoms with Crippen molar-refractivity contribution in [2.45, 2.75) is 13.1 Å². The van der Waals surface area contributed by atoms with Crippen LogP contribution in [-0.2, 0) is 6.18 Å². The number of aryl methyl sites for hydroxylation is 1. The molecule has 0 bridgehead atoms. The van der Waals surface area contributed by atoms with Crippen LogP contribution in [0.1, 0.15) is 21.8 Å². The SMILES string of the molecule is Cc1nc(-c2ccc(N3CCN(C(=O)c4ccccc4C(F)(F)F)CC3)cc2)no1. The highest BCUT2D eigenvalue weighted by atomic mass is 19.4. The van der Waals surface area contributed by atoms with E-state index in [-0.39, 0.29) is 5.56 Å². The van der Waals surface area contributed by atoms with E-state index in [1.807, 2.05) is 24.3 Å². The van der Waals surface area contributed by atoms with Crippen LogP contribution in [0, 0.1) is 6.92 Å². The van der Waals surface area contributed by atoms with E-state index < -0.39 is 17.6 Å². The zero-order chi connectivity index (χ0) is 21.3. The van der Waals surface area contributed by atoms with Gasteiger partial charge in [0.15, 0.2) is 0 Å². The predicted octanol–water partition coefficient (Wildman–Crippen LogP) is 4.03. The van der Waals surface area contributed by atoms with Gasteiger partial charge in [-0.25, -0.2) is 0 Å². The number of piperazine rings is 1. The maximum Gasteiger partial charge on any atom is 0.417 e. The van der Waals surface area contributed by atoms with Crippen LogP contribution < -0.4 is 4.90 Å². The van der Waals surface area contributed by atoms with Crippen molar-refractivity contribution < 1.29 is 22.5 Å². The molecule has 30 heavy (non-hydrogen) atoms. The summed E-state index contributed by atoms with van der Waals surface area (Å²) in [6.45, 7) is 3.47. The van der Waals surface area contributed by atoms with Crippen molar-refractivity contribution in [3.8, 4) is 11.4 Å². The van der Waals surface area contributed by atoms with E-state index in [0.717, 1.165) is 17.3 Å². The smallest absolute Gasteiger partial charge is 0.368 e. The molecule has 0 saturated carbocycles. The van der Waals surface area contributed by atoms with Gasteiger partial charge in [0.05, 0.1) is 11.1 Å². The van der Waals surface area contributed by atoms with Crippen LogP contribution >= 0.6 is 0 Å². The Hall–Kier alpha value is -3.36. The molecule has 0 atom stereocenters. The number of alkyl halides is 3. The molecule has 1 aromatic heterocycles. The summed E-state index contributed by atoms with van der Waals surface area (Å²) in [6, 6.07) is 12.5. The van der Waals surface area contributed by atoms with Gasteiger partial charge in [-0.2, -0.15) is 18.2 Å². The first kappa shape index (κ1) is 19.9. The summed E-state index contributed by atoms with van der Waals surface area (Å²) in [5.41, 5.74) is 0.581. The average Bonchev–Trinajstić information content (AvgIpc) is 3.19. The second-order valence-electron chi connectivity index (χ2n) is 7.01. The van der Waals surface area contributed by atoms with Gasteiger partial charge in [-0.1, -0.05) is 17.3 Å². The van der Waals surface area contributed by atoms with E-state index in [2.05, 4.69) is 15.0 Å². The van der Waals surface area contributed by atoms with Gasteiger partial charge < -0.3 is 14.3 Å². The fraction of sp³-hybridized carbons (Fsp3) is 0.286. The van der Waals surface area contributed by atoms with E-state index in [0.29, 0.717) is 37.9 Å². The molecule has 156 valence electrons. The van der Waals surface area contributed by atoms with Crippen LogP contribution in [0.3, 0.4) is 0 Å². The summed E-state index contributed by atoms with van der Waals surface area (Å²) < 4.78 is 44.7. The minimum Gasteiger partial charge on any atom is -0.368 e. The number of halogens is 3. The monoisotopic (exact) mass is 416 g/mol. The largest absolute Gasteiger partial charge is 0.417 e. The molecule has 6 nitrogen and oxygen atoms in total. The van der Waals surface area contributed by atoms with Gasteiger partial charge in [-0.15, -0.1) is 0 Å². The molecule has 1 fully saturated rings. The minimum atomic E-state index is -4.56. The third-order valence-electron chi connectivity index (χ3n) is 5.05. The van der Waals surface area contributed by atoms with E-state index in [1.54, 1.807) is 6.92 Å². The van der Waals surface area contributed by atoms with E-state index in [1.165, 1.54) is 23.1 Å². The summed E-state index contributed by atoms with van der Waals surface area (Å²) in [7, 11) is 0. The number of carbonyl (C=O) groups is 1. The van der Waals surface area contributed by atoms with Crippen molar-refractivity contribution in [2.75, 3.05) is 31.1 Å². The first-order valence-electron chi connectivity index (χ1n) is 9.44. The average molecular weight is 416 g/mol. The molecule has 9 heteroatoms. The maximum absolute atomic E-state index is 13.2. The Morgan fingerprint density at radius 1 is 1.00 bits per heavy atom. The Bertz CT molecular complexity index is 1040. The standard InChI is InChI=1S/C21H19F3N4O2/c1-14-25-19(26-30-14)15-6-8-16(9-7-15)27-10-12-28(13-11-27)20(29)17-4-2-3-5-18(17)21(22,23)24/h2-9H,10-13H2,1H3. The molecular formula is C21H19F3N4O2. The molecule has 2 heterocycles. The number of hydrogen-bond acceptors (Lipinski definition) is 5. The van der Waals surface area contributed by atoms with Gasteiger partial charge in [-0.3, -0.25) is 4.79 Å². The van der Waals surface area contributed by atoms with E-state index in [4.69, 9.17) is 4.52 Å². The lowest BCUT2D eigenvalue weighted by Gasteiger charge is -2.36. The molecule has 1 aliphatic rings. The fourth-order valence-electron chi connectivity index (χ4n) is 3.49. The number of carbonyl (C=O) groups excluding carboxylic acids is 1. The molecule has 1 amide bonds. The lowest BCUT2D eigenvalue weighted by molar-refractivity contribution is -0.138. The van der Waals surface area contributed by atoms with Gasteiger partial charge in [0, 0.05) is 44.4 Å². The van der Waals surface area contributed by atoms with Gasteiger partial charge >= 0.3 is 6.18 Å². The van der Waals surface area contributed by atoms with Crippen LogP contribution in [0.4, 0.5) is 18.9 Å². The van der Waals surface area contributed by atoms with Crippen LogP contribution in [0.25, 0.3) is 11.4 Å². The number of amides is 1. The molecule has 0 N–H and O–H groups in total. The lowest BCUT2D eigenvalue weighted by atomic mass is 10.1. The Labute approximate surface area is 170 Å². The minimum absolute atomic E-state index is 0.307. The molecule has 2 aromatic carbocycles. The summed E-state index contributed by atoms with van der Waals surface area (Å²) in [5.74, 6) is 0.408. The van der Waals surface area contributed by atoms with E-state index >= 15 is 0 Å². The molecule has 3 aromatic rings. The molecule has 4 rings (SSSR count). The van der Waals surface area contributed by atoms with Crippen LogP contribution in [-0.4, -0.2) is 47.1 Å². The molecule has 0 spiro atoms. The van der Waals surface area contributed by atoms with Crippen molar-refractivity contribution in [2.24, 2.45) is 0 Å². The van der Waals surface area contributed by atoms with Gasteiger partial charge in [0.2, 0.25) is 11.7 Å². The highest BCUT2D eigenvalue weighted by Gasteiger charge is 2.36. The first-order valence-corrected chi connectivity index (χ1v) is 9.44. The van der Waals surface area contributed by atoms with Crippen LogP contribution in [0.2, 0.25) is 0 Å². The van der Waals surface area contributed by atoms with Crippen molar-refractivity contribution in [1.82, 2.24) is 15.0 Å².